The normalized spacial score (nSPS) is 25.8. The average molecular weight is 383 g/mol. The fraction of sp³-hybridized carbons (Fsp3) is 0.333. The second kappa shape index (κ2) is 6.60. The summed E-state index contributed by atoms with van der Waals surface area (Å²) in [4.78, 5) is 26.7. The van der Waals surface area contributed by atoms with E-state index >= 15 is 0 Å². The molecule has 0 N–H and O–H groups in total. The van der Waals surface area contributed by atoms with Crippen LogP contribution in [0.3, 0.4) is 0 Å². The van der Waals surface area contributed by atoms with E-state index < -0.39 is 33.7 Å². The fourth-order valence-corrected chi connectivity index (χ4v) is 5.72. The number of esters is 1. The van der Waals surface area contributed by atoms with E-state index in [9.17, 15) is 13.8 Å². The Morgan fingerprint density at radius 1 is 1.07 bits per heavy atom. The molecule has 0 bridgehead atoms. The first-order valence-electron chi connectivity index (χ1n) is 8.93. The van der Waals surface area contributed by atoms with Crippen molar-refractivity contribution in [1.29, 1.82) is 0 Å². The number of nitrogens with zero attached hydrogens (tertiary/aromatic N) is 1. The summed E-state index contributed by atoms with van der Waals surface area (Å²) in [5, 5.41) is -0.378. The van der Waals surface area contributed by atoms with Gasteiger partial charge in [-0.3, -0.25) is 9.00 Å². The van der Waals surface area contributed by atoms with Crippen LogP contribution in [0.1, 0.15) is 37.5 Å². The Bertz CT molecular complexity index is 857. The summed E-state index contributed by atoms with van der Waals surface area (Å²) in [7, 11) is -1.29. The van der Waals surface area contributed by atoms with Gasteiger partial charge in [-0.15, -0.1) is 0 Å². The number of hydrogen-bond acceptors (Lipinski definition) is 4. The van der Waals surface area contributed by atoms with Gasteiger partial charge in [-0.2, -0.15) is 0 Å². The van der Waals surface area contributed by atoms with E-state index in [0.717, 1.165) is 11.1 Å². The van der Waals surface area contributed by atoms with Gasteiger partial charge in [-0.1, -0.05) is 60.7 Å². The Morgan fingerprint density at radius 3 is 2.07 bits per heavy atom. The molecule has 2 heterocycles. The van der Waals surface area contributed by atoms with Crippen LogP contribution < -0.4 is 0 Å². The number of amides is 1. The molecule has 3 unspecified atom stereocenters. The van der Waals surface area contributed by atoms with Crippen LogP contribution in [-0.4, -0.2) is 37.1 Å². The second-order valence-corrected chi connectivity index (χ2v) is 9.59. The highest BCUT2D eigenvalue weighted by molar-refractivity contribution is 7.87. The molecule has 0 aromatic heterocycles. The maximum absolute atomic E-state index is 13.1. The first-order valence-corrected chi connectivity index (χ1v) is 10.1. The van der Waals surface area contributed by atoms with E-state index in [1.807, 2.05) is 60.7 Å². The number of hydrogen-bond donors (Lipinski definition) is 0. The van der Waals surface area contributed by atoms with Crippen LogP contribution in [0.5, 0.6) is 0 Å². The van der Waals surface area contributed by atoms with Crippen LogP contribution >= 0.6 is 0 Å². The van der Waals surface area contributed by atoms with Crippen molar-refractivity contribution in [1.82, 2.24) is 4.90 Å². The van der Waals surface area contributed by atoms with Crippen LogP contribution in [0.15, 0.2) is 60.7 Å². The zero-order valence-electron chi connectivity index (χ0n) is 15.2. The maximum atomic E-state index is 13.1. The molecule has 2 aromatic rings. The Labute approximate surface area is 160 Å². The van der Waals surface area contributed by atoms with Crippen molar-refractivity contribution < 1.29 is 18.5 Å². The molecule has 3 atom stereocenters. The van der Waals surface area contributed by atoms with Crippen molar-refractivity contribution in [3.8, 4) is 0 Å². The van der Waals surface area contributed by atoms with Crippen molar-refractivity contribution in [2.75, 3.05) is 0 Å². The Balaban J connectivity index is 1.66. The zero-order valence-corrected chi connectivity index (χ0v) is 16.0. The van der Waals surface area contributed by atoms with Gasteiger partial charge >= 0.3 is 5.97 Å². The smallest absolute Gasteiger partial charge is 0.331 e. The molecule has 2 fully saturated rings. The van der Waals surface area contributed by atoms with E-state index in [1.54, 1.807) is 13.8 Å². The summed E-state index contributed by atoms with van der Waals surface area (Å²) < 4.78 is 17.8. The average Bonchev–Trinajstić information content (AvgIpc) is 2.84. The minimum Gasteiger partial charge on any atom is -0.451 e. The predicted molar refractivity (Wildman–Crippen MR) is 102 cm³/mol. The SMILES string of the molecule is CC1(C)C(C(=O)OC(c2ccccc2)c2ccccc2)N2C(=O)CC2S1=O. The molecule has 140 valence electrons. The van der Waals surface area contributed by atoms with Gasteiger partial charge in [0.25, 0.3) is 0 Å². The highest BCUT2D eigenvalue weighted by Gasteiger charge is 2.63. The fourth-order valence-electron chi connectivity index (χ4n) is 3.85. The monoisotopic (exact) mass is 383 g/mol. The maximum Gasteiger partial charge on any atom is 0.331 e. The molecule has 27 heavy (non-hydrogen) atoms. The van der Waals surface area contributed by atoms with Gasteiger partial charge in [0.05, 0.1) is 22.0 Å². The summed E-state index contributed by atoms with van der Waals surface area (Å²) >= 11 is 0. The molecule has 2 aliphatic rings. The number of rotatable bonds is 4. The number of β-lactam (4-membered cyclic amide) rings is 1. The Morgan fingerprint density at radius 2 is 1.59 bits per heavy atom. The number of benzene rings is 2. The van der Waals surface area contributed by atoms with Crippen LogP contribution in [0, 0.1) is 0 Å². The van der Waals surface area contributed by atoms with Gasteiger partial charge in [0.15, 0.2) is 6.10 Å². The van der Waals surface area contributed by atoms with Gasteiger partial charge < -0.3 is 9.64 Å². The van der Waals surface area contributed by atoms with E-state index in [0.29, 0.717) is 0 Å². The van der Waals surface area contributed by atoms with Crippen molar-refractivity contribution in [3.05, 3.63) is 71.8 Å². The molecular weight excluding hydrogens is 362 g/mol. The molecule has 5 nitrogen and oxygen atoms in total. The molecule has 0 aliphatic carbocycles. The third-order valence-electron chi connectivity index (χ3n) is 5.31. The summed E-state index contributed by atoms with van der Waals surface area (Å²) in [6.07, 6.45) is -0.347. The minimum atomic E-state index is -1.29. The zero-order chi connectivity index (χ0) is 19.2. The topological polar surface area (TPSA) is 63.7 Å². The quantitative estimate of drug-likeness (QED) is 0.602. The lowest BCUT2D eigenvalue weighted by molar-refractivity contribution is -0.164. The number of ether oxygens (including phenoxy) is 1. The highest BCUT2D eigenvalue weighted by atomic mass is 32.2. The molecular formula is C21H21NO4S. The van der Waals surface area contributed by atoms with Gasteiger partial charge in [-0.25, -0.2) is 4.79 Å². The van der Waals surface area contributed by atoms with E-state index in [4.69, 9.17) is 4.74 Å². The molecule has 6 heteroatoms. The second-order valence-electron chi connectivity index (χ2n) is 7.40. The lowest BCUT2D eigenvalue weighted by Crippen LogP contribution is -2.57. The van der Waals surface area contributed by atoms with E-state index in [-0.39, 0.29) is 17.7 Å². The molecule has 1 amide bonds. The van der Waals surface area contributed by atoms with Crippen LogP contribution in [0.25, 0.3) is 0 Å². The van der Waals surface area contributed by atoms with Crippen molar-refractivity contribution >= 4 is 22.7 Å². The van der Waals surface area contributed by atoms with Gasteiger partial charge in [0, 0.05) is 0 Å². The number of carbonyl (C=O) groups excluding carboxylic acids is 2. The molecule has 2 aromatic carbocycles. The van der Waals surface area contributed by atoms with Gasteiger partial charge in [0.2, 0.25) is 5.91 Å². The van der Waals surface area contributed by atoms with E-state index in [1.165, 1.54) is 4.90 Å². The van der Waals surface area contributed by atoms with Crippen LogP contribution in [0.2, 0.25) is 0 Å². The largest absolute Gasteiger partial charge is 0.451 e. The standard InChI is InChI=1S/C21H21NO4S/c1-21(2)19(22-16(23)13-17(22)27(21)25)20(24)26-18(14-9-5-3-6-10-14)15-11-7-4-8-12-15/h3-12,17-19H,13H2,1-2H3. The summed E-state index contributed by atoms with van der Waals surface area (Å²) in [6.45, 7) is 3.53. The third-order valence-corrected chi connectivity index (χ3v) is 7.46. The highest BCUT2D eigenvalue weighted by Crippen LogP contribution is 2.44. The molecule has 4 rings (SSSR count). The Kier molecular flexibility index (Phi) is 4.38. The molecule has 0 spiro atoms. The molecule has 0 radical (unpaired) electrons. The van der Waals surface area contributed by atoms with E-state index in [2.05, 4.69) is 0 Å². The lowest BCUT2D eigenvalue weighted by Gasteiger charge is -2.37. The lowest BCUT2D eigenvalue weighted by atomic mass is 9.97. The van der Waals surface area contributed by atoms with Gasteiger partial charge in [0.1, 0.15) is 11.4 Å². The Hall–Kier alpha value is -2.47. The molecule has 2 aliphatic heterocycles. The summed E-state index contributed by atoms with van der Waals surface area (Å²) in [5.41, 5.74) is 1.70. The first-order chi connectivity index (χ1) is 12.9. The predicted octanol–water partition coefficient (Wildman–Crippen LogP) is 2.79. The molecule has 2 saturated heterocycles. The molecule has 0 saturated carbocycles. The first kappa shape index (κ1) is 17.9. The number of carbonyl (C=O) groups is 2. The minimum absolute atomic E-state index is 0.142. The third kappa shape index (κ3) is 2.88. The van der Waals surface area contributed by atoms with Crippen molar-refractivity contribution in [2.45, 2.75) is 42.5 Å². The van der Waals surface area contributed by atoms with Crippen LogP contribution in [-0.2, 0) is 25.1 Å². The van der Waals surface area contributed by atoms with Gasteiger partial charge in [-0.05, 0) is 25.0 Å². The summed E-state index contributed by atoms with van der Waals surface area (Å²) in [6, 6.07) is 18.2. The van der Waals surface area contributed by atoms with Crippen LogP contribution in [0.4, 0.5) is 0 Å². The number of fused-ring (bicyclic) bond motifs is 1. The van der Waals surface area contributed by atoms with Crippen molar-refractivity contribution in [3.63, 3.8) is 0 Å². The summed E-state index contributed by atoms with van der Waals surface area (Å²) in [5.74, 6) is -0.654. The van der Waals surface area contributed by atoms with Crippen molar-refractivity contribution in [2.24, 2.45) is 0 Å².